The van der Waals surface area contributed by atoms with Gasteiger partial charge in [-0.05, 0) is 50.4 Å². The summed E-state index contributed by atoms with van der Waals surface area (Å²) in [7, 11) is 0. The van der Waals surface area contributed by atoms with Gasteiger partial charge in [-0.2, -0.15) is 0 Å². The summed E-state index contributed by atoms with van der Waals surface area (Å²) in [4.78, 5) is 23.9. The maximum atomic E-state index is 12.1. The van der Waals surface area contributed by atoms with Gasteiger partial charge in [-0.25, -0.2) is 5.84 Å². The largest absolute Gasteiger partial charge is 0.393 e. The standard InChI is InChI=1S/C20H34N8O2/c21-17(20(30)23-12-16-7-8-16)13-27(22)9-3-4-10-28-14-18(25-26-28)24-19(29)11-15-5-1-2-6-15/h13-16H,1-12,21-22H2,(H,23,30)(H,24,29)/b17-13-. The number of aryl methyl sites for hydroxylation is 1. The van der Waals surface area contributed by atoms with E-state index in [1.54, 1.807) is 10.9 Å². The number of nitrogens with two attached hydrogens (primary N) is 2. The molecule has 2 saturated carbocycles. The van der Waals surface area contributed by atoms with Crippen LogP contribution in [0.5, 0.6) is 0 Å². The first-order chi connectivity index (χ1) is 14.5. The first-order valence-electron chi connectivity index (χ1n) is 11.0. The van der Waals surface area contributed by atoms with Crippen LogP contribution in [0.3, 0.4) is 0 Å². The van der Waals surface area contributed by atoms with E-state index in [0.717, 1.165) is 25.7 Å². The first-order valence-corrected chi connectivity index (χ1v) is 11.0. The molecule has 0 saturated heterocycles. The lowest BCUT2D eigenvalue weighted by Gasteiger charge is -2.14. The summed E-state index contributed by atoms with van der Waals surface area (Å²) in [5.74, 6) is 7.24. The molecule has 0 bridgehead atoms. The van der Waals surface area contributed by atoms with Gasteiger partial charge in [-0.1, -0.05) is 18.1 Å². The highest BCUT2D eigenvalue weighted by molar-refractivity contribution is 5.92. The van der Waals surface area contributed by atoms with Gasteiger partial charge in [0.2, 0.25) is 5.91 Å². The zero-order valence-electron chi connectivity index (χ0n) is 17.6. The molecule has 1 heterocycles. The van der Waals surface area contributed by atoms with E-state index in [4.69, 9.17) is 11.6 Å². The van der Waals surface area contributed by atoms with E-state index in [1.165, 1.54) is 36.9 Å². The molecule has 10 nitrogen and oxygen atoms in total. The van der Waals surface area contributed by atoms with Gasteiger partial charge >= 0.3 is 0 Å². The lowest BCUT2D eigenvalue weighted by Crippen LogP contribution is -2.34. The Morgan fingerprint density at radius 1 is 1.20 bits per heavy atom. The molecule has 2 aliphatic carbocycles. The van der Waals surface area contributed by atoms with Gasteiger partial charge in [0.15, 0.2) is 5.82 Å². The summed E-state index contributed by atoms with van der Waals surface area (Å²) in [6, 6.07) is 0. The summed E-state index contributed by atoms with van der Waals surface area (Å²) in [5, 5.41) is 15.1. The van der Waals surface area contributed by atoms with Crippen molar-refractivity contribution in [3.8, 4) is 0 Å². The minimum atomic E-state index is -0.275. The van der Waals surface area contributed by atoms with Crippen LogP contribution in [0.25, 0.3) is 0 Å². The fourth-order valence-corrected chi connectivity index (χ4v) is 3.67. The van der Waals surface area contributed by atoms with Crippen LogP contribution in [0.1, 0.15) is 57.8 Å². The number of carbonyl (C=O) groups is 2. The average Bonchev–Trinajstić information content (AvgIpc) is 3.20. The van der Waals surface area contributed by atoms with Crippen molar-refractivity contribution < 1.29 is 9.59 Å². The molecule has 3 rings (SSSR count). The van der Waals surface area contributed by atoms with Crippen LogP contribution < -0.4 is 22.2 Å². The van der Waals surface area contributed by atoms with Crippen molar-refractivity contribution in [2.75, 3.05) is 18.4 Å². The molecule has 0 radical (unpaired) electrons. The number of nitrogens with one attached hydrogen (secondary N) is 2. The maximum absolute atomic E-state index is 12.1. The van der Waals surface area contributed by atoms with Gasteiger partial charge < -0.3 is 21.4 Å². The highest BCUT2D eigenvalue weighted by Crippen LogP contribution is 2.28. The fraction of sp³-hybridized carbons (Fsp3) is 0.700. The lowest BCUT2D eigenvalue weighted by atomic mass is 10.0. The Hall–Kier alpha value is -2.62. The topological polar surface area (TPSA) is 144 Å². The van der Waals surface area contributed by atoms with E-state index < -0.39 is 0 Å². The molecule has 0 atom stereocenters. The third-order valence-electron chi connectivity index (χ3n) is 5.62. The minimum absolute atomic E-state index is 0.0123. The van der Waals surface area contributed by atoms with Gasteiger partial charge in [-0.15, -0.1) is 5.10 Å². The summed E-state index contributed by atoms with van der Waals surface area (Å²) in [5.41, 5.74) is 5.90. The van der Waals surface area contributed by atoms with Gasteiger partial charge in [0.1, 0.15) is 5.70 Å². The van der Waals surface area contributed by atoms with Crippen molar-refractivity contribution in [2.24, 2.45) is 23.4 Å². The van der Waals surface area contributed by atoms with Crippen LogP contribution in [0.2, 0.25) is 0 Å². The molecule has 166 valence electrons. The third kappa shape index (κ3) is 7.66. The van der Waals surface area contributed by atoms with Crippen LogP contribution in [-0.4, -0.2) is 44.9 Å². The highest BCUT2D eigenvalue weighted by atomic mass is 16.2. The van der Waals surface area contributed by atoms with E-state index in [1.807, 2.05) is 0 Å². The van der Waals surface area contributed by atoms with Crippen LogP contribution in [0.15, 0.2) is 18.1 Å². The second-order valence-electron chi connectivity index (χ2n) is 8.45. The number of unbranched alkanes of at least 4 members (excludes halogenated alkanes) is 1. The zero-order valence-corrected chi connectivity index (χ0v) is 17.6. The molecule has 0 aromatic carbocycles. The predicted molar refractivity (Wildman–Crippen MR) is 113 cm³/mol. The zero-order chi connectivity index (χ0) is 21.3. The molecular formula is C20H34N8O2. The number of carbonyl (C=O) groups excluding carboxylic acids is 2. The van der Waals surface area contributed by atoms with Crippen molar-refractivity contribution in [3.63, 3.8) is 0 Å². The van der Waals surface area contributed by atoms with E-state index in [9.17, 15) is 9.59 Å². The number of nitrogens with zero attached hydrogens (tertiary/aromatic N) is 4. The number of hydrogen-bond acceptors (Lipinski definition) is 7. The van der Waals surface area contributed by atoms with Crippen molar-refractivity contribution in [2.45, 2.75) is 64.3 Å². The van der Waals surface area contributed by atoms with Gasteiger partial charge in [0, 0.05) is 32.3 Å². The molecule has 10 heteroatoms. The van der Waals surface area contributed by atoms with Crippen LogP contribution in [0.4, 0.5) is 5.82 Å². The Bertz CT molecular complexity index is 737. The molecule has 6 N–H and O–H groups in total. The molecule has 1 aromatic rings. The SMILES string of the molecule is N/C(=C\N(N)CCCCn1cc(NC(=O)CC2CCCC2)nn1)C(=O)NCC1CC1. The highest BCUT2D eigenvalue weighted by Gasteiger charge is 2.22. The molecule has 0 unspecified atom stereocenters. The molecule has 0 aliphatic heterocycles. The van der Waals surface area contributed by atoms with Crippen molar-refractivity contribution in [3.05, 3.63) is 18.1 Å². The molecule has 2 amide bonds. The number of hydrazine groups is 1. The van der Waals surface area contributed by atoms with Crippen LogP contribution in [-0.2, 0) is 16.1 Å². The van der Waals surface area contributed by atoms with Crippen LogP contribution in [0, 0.1) is 11.8 Å². The predicted octanol–water partition coefficient (Wildman–Crippen LogP) is 1.08. The van der Waals surface area contributed by atoms with Crippen molar-refractivity contribution in [1.29, 1.82) is 0 Å². The van der Waals surface area contributed by atoms with E-state index in [2.05, 4.69) is 20.9 Å². The third-order valence-corrected chi connectivity index (χ3v) is 5.62. The number of anilines is 1. The minimum Gasteiger partial charge on any atom is -0.393 e. The number of aromatic nitrogens is 3. The summed E-state index contributed by atoms with van der Waals surface area (Å²) in [6.07, 6.45) is 12.5. The smallest absolute Gasteiger partial charge is 0.268 e. The molecule has 2 aliphatic rings. The van der Waals surface area contributed by atoms with E-state index >= 15 is 0 Å². The average molecular weight is 419 g/mol. The van der Waals surface area contributed by atoms with Gasteiger partial charge in [-0.3, -0.25) is 14.3 Å². The number of hydrogen-bond donors (Lipinski definition) is 4. The normalized spacial score (nSPS) is 17.2. The lowest BCUT2D eigenvalue weighted by molar-refractivity contribution is -0.118. The molecule has 30 heavy (non-hydrogen) atoms. The fourth-order valence-electron chi connectivity index (χ4n) is 3.67. The van der Waals surface area contributed by atoms with E-state index in [0.29, 0.717) is 43.7 Å². The Balaban J connectivity index is 1.29. The van der Waals surface area contributed by atoms with Gasteiger partial charge in [0.05, 0.1) is 6.20 Å². The summed E-state index contributed by atoms with van der Waals surface area (Å²) in [6.45, 7) is 1.91. The monoisotopic (exact) mass is 418 g/mol. The second kappa shape index (κ2) is 11.0. The number of rotatable bonds is 12. The Labute approximate surface area is 177 Å². The maximum Gasteiger partial charge on any atom is 0.268 e. The second-order valence-corrected chi connectivity index (χ2v) is 8.45. The van der Waals surface area contributed by atoms with Gasteiger partial charge in [0.25, 0.3) is 5.91 Å². The summed E-state index contributed by atoms with van der Waals surface area (Å²) >= 11 is 0. The van der Waals surface area contributed by atoms with Crippen LogP contribution >= 0.6 is 0 Å². The molecule has 1 aromatic heterocycles. The van der Waals surface area contributed by atoms with E-state index in [-0.39, 0.29) is 17.5 Å². The Morgan fingerprint density at radius 2 is 1.97 bits per heavy atom. The Morgan fingerprint density at radius 3 is 2.70 bits per heavy atom. The summed E-state index contributed by atoms with van der Waals surface area (Å²) < 4.78 is 1.71. The van der Waals surface area contributed by atoms with Crippen molar-refractivity contribution in [1.82, 2.24) is 25.3 Å². The molecular weight excluding hydrogens is 384 g/mol. The molecule has 0 spiro atoms. The first kappa shape index (κ1) is 22.1. The molecule has 2 fully saturated rings. The Kier molecular flexibility index (Phi) is 8.06. The van der Waals surface area contributed by atoms with Crippen molar-refractivity contribution >= 4 is 17.6 Å². The number of amides is 2. The quantitative estimate of drug-likeness (QED) is 0.172.